The molecule has 0 bridgehead atoms. The fourth-order valence-corrected chi connectivity index (χ4v) is 2.92. The van der Waals surface area contributed by atoms with Gasteiger partial charge in [0.2, 0.25) is 5.78 Å². The van der Waals surface area contributed by atoms with Crippen molar-refractivity contribution >= 4 is 49.0 Å². The number of carbonyl (C=O) groups excluding carboxylic acids is 1. The number of ketones is 1. The largest absolute Gasteiger partial charge is 0.485 e. The van der Waals surface area contributed by atoms with Crippen molar-refractivity contribution in [1.82, 2.24) is 0 Å². The zero-order valence-corrected chi connectivity index (χ0v) is 12.9. The van der Waals surface area contributed by atoms with Gasteiger partial charge in [0.05, 0.1) is 13.1 Å². The highest BCUT2D eigenvalue weighted by Crippen LogP contribution is 2.24. The lowest BCUT2D eigenvalue weighted by Crippen LogP contribution is -2.10. The molecule has 0 atom stereocenters. The number of benzene rings is 1. The maximum Gasteiger partial charge on any atom is 0.210 e. The van der Waals surface area contributed by atoms with Gasteiger partial charge < -0.3 is 4.74 Å². The smallest absolute Gasteiger partial charge is 0.210 e. The SMILES string of the molecule is O=C(COc1ccc(F)c(Br)c1)c1ccc(Br)s1. The van der Waals surface area contributed by atoms with Crippen LogP contribution in [0.25, 0.3) is 0 Å². The number of halogens is 3. The van der Waals surface area contributed by atoms with Gasteiger partial charge in [-0.15, -0.1) is 11.3 Å². The Bertz CT molecular complexity index is 583. The maximum absolute atomic E-state index is 13.0. The summed E-state index contributed by atoms with van der Waals surface area (Å²) in [4.78, 5) is 12.4. The summed E-state index contributed by atoms with van der Waals surface area (Å²) in [5.74, 6) is -0.0192. The van der Waals surface area contributed by atoms with Crippen molar-refractivity contribution in [3.05, 3.63) is 49.3 Å². The van der Waals surface area contributed by atoms with E-state index in [1.807, 2.05) is 6.07 Å². The van der Waals surface area contributed by atoms with Gasteiger partial charge in [0.15, 0.2) is 6.61 Å². The van der Waals surface area contributed by atoms with E-state index >= 15 is 0 Å². The molecule has 0 aliphatic heterocycles. The van der Waals surface area contributed by atoms with Crippen LogP contribution in [0.3, 0.4) is 0 Å². The topological polar surface area (TPSA) is 26.3 Å². The van der Waals surface area contributed by atoms with E-state index in [9.17, 15) is 9.18 Å². The minimum absolute atomic E-state index is 0.0645. The Morgan fingerprint density at radius 3 is 2.67 bits per heavy atom. The van der Waals surface area contributed by atoms with E-state index in [-0.39, 0.29) is 18.2 Å². The first-order chi connectivity index (χ1) is 8.56. The summed E-state index contributed by atoms with van der Waals surface area (Å²) in [5, 5.41) is 0. The number of hydrogen-bond donors (Lipinski definition) is 0. The van der Waals surface area contributed by atoms with Gasteiger partial charge in [0.25, 0.3) is 0 Å². The molecular formula is C12H7Br2FO2S. The Morgan fingerprint density at radius 2 is 2.06 bits per heavy atom. The monoisotopic (exact) mass is 392 g/mol. The van der Waals surface area contributed by atoms with Crippen LogP contribution in [0, 0.1) is 5.82 Å². The fourth-order valence-electron chi connectivity index (χ4n) is 1.25. The van der Waals surface area contributed by atoms with Gasteiger partial charge in [-0.3, -0.25) is 4.79 Å². The number of ether oxygens (including phenoxy) is 1. The molecule has 0 radical (unpaired) electrons. The number of carbonyl (C=O) groups is 1. The van der Waals surface area contributed by atoms with Crippen LogP contribution in [0.15, 0.2) is 38.6 Å². The molecule has 2 aromatic rings. The standard InChI is InChI=1S/C12H7Br2FO2S/c13-8-5-7(1-2-9(8)15)17-6-10(16)11-3-4-12(14)18-11/h1-5H,6H2. The summed E-state index contributed by atoms with van der Waals surface area (Å²) >= 11 is 7.70. The van der Waals surface area contributed by atoms with Gasteiger partial charge in [0.1, 0.15) is 11.6 Å². The zero-order chi connectivity index (χ0) is 13.1. The summed E-state index contributed by atoms with van der Waals surface area (Å²) < 4.78 is 19.5. The molecule has 0 aliphatic carbocycles. The molecule has 0 amide bonds. The molecule has 0 saturated carbocycles. The Kier molecular flexibility index (Phi) is 4.53. The highest BCUT2D eigenvalue weighted by Gasteiger charge is 2.10. The lowest BCUT2D eigenvalue weighted by molar-refractivity contribution is 0.0925. The van der Waals surface area contributed by atoms with Crippen molar-refractivity contribution in [2.75, 3.05) is 6.61 Å². The van der Waals surface area contributed by atoms with E-state index < -0.39 is 0 Å². The number of rotatable bonds is 4. The van der Waals surface area contributed by atoms with Gasteiger partial charge >= 0.3 is 0 Å². The van der Waals surface area contributed by atoms with Crippen molar-refractivity contribution in [3.8, 4) is 5.75 Å². The molecule has 6 heteroatoms. The Hall–Kier alpha value is -0.720. The van der Waals surface area contributed by atoms with Gasteiger partial charge in [-0.1, -0.05) is 0 Å². The van der Waals surface area contributed by atoms with Crippen LogP contribution in [0.4, 0.5) is 4.39 Å². The van der Waals surface area contributed by atoms with Crippen LogP contribution < -0.4 is 4.74 Å². The lowest BCUT2D eigenvalue weighted by atomic mass is 10.3. The third-order valence-electron chi connectivity index (χ3n) is 2.11. The second kappa shape index (κ2) is 5.95. The average molecular weight is 394 g/mol. The highest BCUT2D eigenvalue weighted by atomic mass is 79.9. The molecule has 0 unspecified atom stereocenters. The zero-order valence-electron chi connectivity index (χ0n) is 8.95. The first-order valence-electron chi connectivity index (χ1n) is 4.92. The molecule has 0 saturated heterocycles. The Labute approximate surface area is 124 Å². The first kappa shape index (κ1) is 13.7. The van der Waals surface area contributed by atoms with E-state index in [0.717, 1.165) is 3.79 Å². The summed E-state index contributed by atoms with van der Waals surface area (Å²) in [6.45, 7) is -0.0645. The Morgan fingerprint density at radius 1 is 1.28 bits per heavy atom. The molecule has 1 aromatic heterocycles. The number of hydrogen-bond acceptors (Lipinski definition) is 3. The molecule has 2 nitrogen and oxygen atoms in total. The van der Waals surface area contributed by atoms with Crippen molar-refractivity contribution < 1.29 is 13.9 Å². The number of thiophene rings is 1. The Balaban J connectivity index is 1.99. The van der Waals surface area contributed by atoms with Crippen LogP contribution in [0.2, 0.25) is 0 Å². The minimum atomic E-state index is -0.365. The minimum Gasteiger partial charge on any atom is -0.485 e. The second-order valence-corrected chi connectivity index (χ2v) is 6.71. The molecule has 2 rings (SSSR count). The molecule has 1 heterocycles. The van der Waals surface area contributed by atoms with Crippen LogP contribution in [-0.4, -0.2) is 12.4 Å². The molecule has 94 valence electrons. The van der Waals surface area contributed by atoms with Crippen molar-refractivity contribution in [1.29, 1.82) is 0 Å². The quantitative estimate of drug-likeness (QED) is 0.705. The number of Topliss-reactive ketones (excluding diaryl/α,β-unsaturated/α-hetero) is 1. The van der Waals surface area contributed by atoms with Crippen LogP contribution in [0.5, 0.6) is 5.75 Å². The van der Waals surface area contributed by atoms with Gasteiger partial charge in [-0.2, -0.15) is 0 Å². The van der Waals surface area contributed by atoms with E-state index in [2.05, 4.69) is 31.9 Å². The average Bonchev–Trinajstić information content (AvgIpc) is 2.77. The third kappa shape index (κ3) is 3.40. The van der Waals surface area contributed by atoms with Gasteiger partial charge in [-0.05, 0) is 62.2 Å². The van der Waals surface area contributed by atoms with E-state index in [0.29, 0.717) is 15.1 Å². The highest BCUT2D eigenvalue weighted by molar-refractivity contribution is 9.11. The molecule has 0 aliphatic rings. The molecule has 0 fully saturated rings. The van der Waals surface area contributed by atoms with Crippen LogP contribution >= 0.6 is 43.2 Å². The van der Waals surface area contributed by atoms with Gasteiger partial charge in [0, 0.05) is 0 Å². The van der Waals surface area contributed by atoms with E-state index in [1.165, 1.54) is 29.5 Å². The van der Waals surface area contributed by atoms with Gasteiger partial charge in [-0.25, -0.2) is 4.39 Å². The lowest BCUT2D eigenvalue weighted by Gasteiger charge is -2.05. The summed E-state index contributed by atoms with van der Waals surface area (Å²) in [5.41, 5.74) is 0. The molecule has 0 N–H and O–H groups in total. The van der Waals surface area contributed by atoms with Crippen LogP contribution in [0.1, 0.15) is 9.67 Å². The fraction of sp³-hybridized carbons (Fsp3) is 0.0833. The van der Waals surface area contributed by atoms with Crippen molar-refractivity contribution in [3.63, 3.8) is 0 Å². The summed E-state index contributed by atoms with van der Waals surface area (Å²) in [6.07, 6.45) is 0. The summed E-state index contributed by atoms with van der Waals surface area (Å²) in [6, 6.07) is 7.81. The first-order valence-corrected chi connectivity index (χ1v) is 7.33. The van der Waals surface area contributed by atoms with E-state index in [1.54, 1.807) is 6.07 Å². The van der Waals surface area contributed by atoms with E-state index in [4.69, 9.17) is 4.74 Å². The normalized spacial score (nSPS) is 10.4. The molecular weight excluding hydrogens is 387 g/mol. The summed E-state index contributed by atoms with van der Waals surface area (Å²) in [7, 11) is 0. The van der Waals surface area contributed by atoms with Crippen molar-refractivity contribution in [2.45, 2.75) is 0 Å². The maximum atomic E-state index is 13.0. The van der Waals surface area contributed by atoms with Crippen LogP contribution in [-0.2, 0) is 0 Å². The molecule has 18 heavy (non-hydrogen) atoms. The molecule has 0 spiro atoms. The predicted molar refractivity (Wildman–Crippen MR) is 75.9 cm³/mol. The predicted octanol–water partition coefficient (Wildman–Crippen LogP) is 4.67. The van der Waals surface area contributed by atoms with Crippen molar-refractivity contribution in [2.24, 2.45) is 0 Å². The second-order valence-electron chi connectivity index (χ2n) is 3.39. The molecule has 1 aromatic carbocycles. The third-order valence-corrected chi connectivity index (χ3v) is 4.38.